The van der Waals surface area contributed by atoms with Crippen LogP contribution in [-0.4, -0.2) is 31.1 Å². The van der Waals surface area contributed by atoms with Crippen LogP contribution < -0.4 is 5.32 Å². The molecule has 2 heteroatoms. The van der Waals surface area contributed by atoms with Gasteiger partial charge in [-0.25, -0.2) is 0 Å². The Morgan fingerprint density at radius 1 is 1.05 bits per heavy atom. The van der Waals surface area contributed by atoms with Crippen molar-refractivity contribution < 1.29 is 0 Å². The van der Waals surface area contributed by atoms with Gasteiger partial charge in [0, 0.05) is 19.6 Å². The molecule has 1 N–H and O–H groups in total. The first-order valence-electron chi connectivity index (χ1n) is 8.33. The topological polar surface area (TPSA) is 15.3 Å². The van der Waals surface area contributed by atoms with E-state index in [1.54, 1.807) is 0 Å². The number of hydrogen-bond acceptors (Lipinski definition) is 2. The van der Waals surface area contributed by atoms with Gasteiger partial charge in [-0.15, -0.1) is 0 Å². The molecule has 20 heavy (non-hydrogen) atoms. The zero-order valence-corrected chi connectivity index (χ0v) is 12.8. The third kappa shape index (κ3) is 4.07. The van der Waals surface area contributed by atoms with Gasteiger partial charge in [-0.05, 0) is 61.7 Å². The van der Waals surface area contributed by atoms with Crippen molar-refractivity contribution in [2.24, 2.45) is 5.92 Å². The zero-order valence-electron chi connectivity index (χ0n) is 12.8. The van der Waals surface area contributed by atoms with E-state index in [2.05, 4.69) is 41.4 Å². The molecule has 0 spiro atoms. The first-order valence-corrected chi connectivity index (χ1v) is 8.33. The summed E-state index contributed by atoms with van der Waals surface area (Å²) in [6.07, 6.45) is 5.54. The van der Waals surface area contributed by atoms with E-state index in [1.807, 2.05) is 0 Å². The molecular formula is C18H28N2. The summed E-state index contributed by atoms with van der Waals surface area (Å²) in [6.45, 7) is 8.28. The van der Waals surface area contributed by atoms with E-state index in [9.17, 15) is 0 Å². The van der Waals surface area contributed by atoms with Crippen LogP contribution in [-0.2, 0) is 6.54 Å². The van der Waals surface area contributed by atoms with E-state index in [0.29, 0.717) is 0 Å². The van der Waals surface area contributed by atoms with E-state index in [-0.39, 0.29) is 0 Å². The summed E-state index contributed by atoms with van der Waals surface area (Å²) in [5.74, 6) is 1.81. The summed E-state index contributed by atoms with van der Waals surface area (Å²) < 4.78 is 0. The van der Waals surface area contributed by atoms with Gasteiger partial charge >= 0.3 is 0 Å². The highest BCUT2D eigenvalue weighted by atomic mass is 15.1. The standard InChI is InChI=1S/C18H28N2/c1-15-8-11-20(12-9-15)13-10-19-14-16-2-4-17(5-3-16)18-6-7-18/h2-5,15,18-19H,6-14H2,1H3. The Morgan fingerprint density at radius 2 is 1.75 bits per heavy atom. The molecule has 1 saturated heterocycles. The molecule has 3 rings (SSSR count). The first kappa shape index (κ1) is 14.1. The Hall–Kier alpha value is -0.860. The van der Waals surface area contributed by atoms with Crippen LogP contribution in [0.1, 0.15) is 49.7 Å². The predicted molar refractivity (Wildman–Crippen MR) is 85.0 cm³/mol. The second-order valence-electron chi connectivity index (χ2n) is 6.72. The van der Waals surface area contributed by atoms with Crippen molar-refractivity contribution >= 4 is 0 Å². The third-order valence-electron chi connectivity index (χ3n) is 4.84. The number of nitrogens with one attached hydrogen (secondary N) is 1. The Bertz CT molecular complexity index is 400. The summed E-state index contributed by atoms with van der Waals surface area (Å²) in [4.78, 5) is 2.60. The molecular weight excluding hydrogens is 244 g/mol. The lowest BCUT2D eigenvalue weighted by atomic mass is 9.99. The van der Waals surface area contributed by atoms with Gasteiger partial charge in [0.1, 0.15) is 0 Å². The Morgan fingerprint density at radius 3 is 2.40 bits per heavy atom. The van der Waals surface area contributed by atoms with Crippen molar-refractivity contribution in [3.8, 4) is 0 Å². The number of hydrogen-bond donors (Lipinski definition) is 1. The van der Waals surface area contributed by atoms with Gasteiger partial charge in [0.05, 0.1) is 0 Å². The summed E-state index contributed by atoms with van der Waals surface area (Å²) >= 11 is 0. The fourth-order valence-electron chi connectivity index (χ4n) is 3.08. The minimum Gasteiger partial charge on any atom is -0.311 e. The van der Waals surface area contributed by atoms with Crippen molar-refractivity contribution in [2.75, 3.05) is 26.2 Å². The van der Waals surface area contributed by atoms with Gasteiger partial charge in [-0.1, -0.05) is 31.2 Å². The number of piperidine rings is 1. The normalized spacial score (nSPS) is 21.2. The molecule has 0 aromatic heterocycles. The molecule has 1 heterocycles. The smallest absolute Gasteiger partial charge is 0.0206 e. The van der Waals surface area contributed by atoms with E-state index in [0.717, 1.165) is 24.9 Å². The van der Waals surface area contributed by atoms with E-state index < -0.39 is 0 Å². The quantitative estimate of drug-likeness (QED) is 0.799. The van der Waals surface area contributed by atoms with Crippen LogP contribution in [0.2, 0.25) is 0 Å². The van der Waals surface area contributed by atoms with Gasteiger partial charge in [-0.3, -0.25) is 0 Å². The molecule has 0 amide bonds. The fourth-order valence-corrected chi connectivity index (χ4v) is 3.08. The first-order chi connectivity index (χ1) is 9.81. The molecule has 0 atom stereocenters. The second kappa shape index (κ2) is 6.73. The van der Waals surface area contributed by atoms with Crippen LogP contribution in [0.3, 0.4) is 0 Å². The fraction of sp³-hybridized carbons (Fsp3) is 0.667. The third-order valence-corrected chi connectivity index (χ3v) is 4.84. The lowest BCUT2D eigenvalue weighted by Crippen LogP contribution is -2.37. The highest BCUT2D eigenvalue weighted by Gasteiger charge is 2.22. The van der Waals surface area contributed by atoms with Gasteiger partial charge < -0.3 is 10.2 Å². The number of rotatable bonds is 6. The maximum atomic E-state index is 3.58. The van der Waals surface area contributed by atoms with Gasteiger partial charge in [0.2, 0.25) is 0 Å². The van der Waals surface area contributed by atoms with Crippen molar-refractivity contribution in [3.63, 3.8) is 0 Å². The zero-order chi connectivity index (χ0) is 13.8. The Kier molecular flexibility index (Phi) is 4.74. The van der Waals surface area contributed by atoms with Crippen molar-refractivity contribution in [1.82, 2.24) is 10.2 Å². The summed E-state index contributed by atoms with van der Waals surface area (Å²) in [5.41, 5.74) is 2.96. The average Bonchev–Trinajstić information content (AvgIpc) is 3.31. The summed E-state index contributed by atoms with van der Waals surface area (Å²) in [6, 6.07) is 9.23. The van der Waals surface area contributed by atoms with Gasteiger partial charge in [-0.2, -0.15) is 0 Å². The molecule has 2 fully saturated rings. The molecule has 0 bridgehead atoms. The Balaban J connectivity index is 1.33. The molecule has 2 nitrogen and oxygen atoms in total. The summed E-state index contributed by atoms with van der Waals surface area (Å²) in [7, 11) is 0. The number of likely N-dealkylation sites (tertiary alicyclic amines) is 1. The SMILES string of the molecule is CC1CCN(CCNCc2ccc(C3CC3)cc2)CC1. The van der Waals surface area contributed by atoms with Crippen LogP contribution in [0.25, 0.3) is 0 Å². The molecule has 110 valence electrons. The monoisotopic (exact) mass is 272 g/mol. The van der Waals surface area contributed by atoms with Crippen LogP contribution in [0.4, 0.5) is 0 Å². The number of nitrogens with zero attached hydrogens (tertiary/aromatic N) is 1. The minimum atomic E-state index is 0.874. The van der Waals surface area contributed by atoms with Gasteiger partial charge in [0.15, 0.2) is 0 Å². The molecule has 0 unspecified atom stereocenters. The molecule has 1 aliphatic carbocycles. The maximum absolute atomic E-state index is 3.58. The highest BCUT2D eigenvalue weighted by molar-refractivity contribution is 5.27. The maximum Gasteiger partial charge on any atom is 0.0206 e. The minimum absolute atomic E-state index is 0.874. The van der Waals surface area contributed by atoms with Crippen LogP contribution in [0.5, 0.6) is 0 Å². The Labute approximate surface area is 123 Å². The lowest BCUT2D eigenvalue weighted by molar-refractivity contribution is 0.193. The van der Waals surface area contributed by atoms with E-state index >= 15 is 0 Å². The second-order valence-corrected chi connectivity index (χ2v) is 6.72. The van der Waals surface area contributed by atoms with Crippen LogP contribution in [0, 0.1) is 5.92 Å². The predicted octanol–water partition coefficient (Wildman–Crippen LogP) is 3.39. The van der Waals surface area contributed by atoms with Crippen molar-refractivity contribution in [1.29, 1.82) is 0 Å². The molecule has 1 aromatic carbocycles. The van der Waals surface area contributed by atoms with E-state index in [1.165, 1.54) is 56.4 Å². The largest absolute Gasteiger partial charge is 0.311 e. The molecule has 1 aromatic rings. The van der Waals surface area contributed by atoms with E-state index in [4.69, 9.17) is 0 Å². The van der Waals surface area contributed by atoms with Crippen LogP contribution in [0.15, 0.2) is 24.3 Å². The molecule has 2 aliphatic rings. The van der Waals surface area contributed by atoms with Crippen molar-refractivity contribution in [2.45, 2.75) is 45.1 Å². The average molecular weight is 272 g/mol. The lowest BCUT2D eigenvalue weighted by Gasteiger charge is -2.30. The van der Waals surface area contributed by atoms with Crippen molar-refractivity contribution in [3.05, 3.63) is 35.4 Å². The number of benzene rings is 1. The molecule has 0 radical (unpaired) electrons. The van der Waals surface area contributed by atoms with Gasteiger partial charge in [0.25, 0.3) is 0 Å². The summed E-state index contributed by atoms with van der Waals surface area (Å²) in [5, 5.41) is 3.58. The molecule has 1 saturated carbocycles. The highest BCUT2D eigenvalue weighted by Crippen LogP contribution is 2.39. The molecule has 1 aliphatic heterocycles. The van der Waals surface area contributed by atoms with Crippen LogP contribution >= 0.6 is 0 Å².